The third-order valence-electron chi connectivity index (χ3n) is 3.55. The Hall–Kier alpha value is -1.34. The van der Waals surface area contributed by atoms with Crippen LogP contribution in [0, 0.1) is 11.3 Å². The van der Waals surface area contributed by atoms with Crippen molar-refractivity contribution in [3.63, 3.8) is 0 Å². The number of rotatable bonds is 3. The van der Waals surface area contributed by atoms with Crippen LogP contribution < -0.4 is 5.32 Å². The molecule has 2 rings (SSSR count). The van der Waals surface area contributed by atoms with Crippen molar-refractivity contribution in [3.05, 3.63) is 34.3 Å². The summed E-state index contributed by atoms with van der Waals surface area (Å²) in [6, 6.07) is 10.00. The molecule has 1 fully saturated rings. The number of nitrogens with zero attached hydrogens (tertiary/aromatic N) is 1. The Labute approximate surface area is 122 Å². The highest BCUT2D eigenvalue weighted by Gasteiger charge is 2.33. The van der Waals surface area contributed by atoms with Crippen molar-refractivity contribution in [1.29, 1.82) is 5.26 Å². The highest BCUT2D eigenvalue weighted by atomic mass is 79.9. The van der Waals surface area contributed by atoms with Gasteiger partial charge in [0.1, 0.15) is 5.54 Å². The SMILES string of the molecule is N#CC1(NC(=O)Cc2cccc(Br)c2)CCCCC1. The third kappa shape index (κ3) is 3.81. The normalized spacial score (nSPS) is 17.5. The molecule has 1 aromatic rings. The number of amides is 1. The van der Waals surface area contributed by atoms with Crippen LogP contribution in [0.2, 0.25) is 0 Å². The fraction of sp³-hybridized carbons (Fsp3) is 0.467. The molecule has 0 aliphatic heterocycles. The number of benzene rings is 1. The van der Waals surface area contributed by atoms with Gasteiger partial charge in [0.25, 0.3) is 0 Å². The van der Waals surface area contributed by atoms with Crippen molar-refractivity contribution in [1.82, 2.24) is 5.32 Å². The molecule has 0 bridgehead atoms. The second-order valence-electron chi connectivity index (χ2n) is 5.11. The van der Waals surface area contributed by atoms with Crippen molar-refractivity contribution in [2.45, 2.75) is 44.1 Å². The van der Waals surface area contributed by atoms with Gasteiger partial charge in [-0.05, 0) is 30.5 Å². The first-order chi connectivity index (χ1) is 9.13. The maximum absolute atomic E-state index is 12.1. The number of hydrogen-bond donors (Lipinski definition) is 1. The van der Waals surface area contributed by atoms with Gasteiger partial charge >= 0.3 is 0 Å². The van der Waals surface area contributed by atoms with Gasteiger partial charge in [0.05, 0.1) is 12.5 Å². The standard InChI is InChI=1S/C15H17BrN2O/c16-13-6-4-5-12(9-13)10-14(19)18-15(11-17)7-2-1-3-8-15/h4-6,9H,1-3,7-8,10H2,(H,18,19). The number of nitriles is 1. The third-order valence-corrected chi connectivity index (χ3v) is 4.05. The van der Waals surface area contributed by atoms with E-state index in [0.717, 1.165) is 42.1 Å². The van der Waals surface area contributed by atoms with Gasteiger partial charge in [0, 0.05) is 4.47 Å². The summed E-state index contributed by atoms with van der Waals surface area (Å²) in [5.74, 6) is -0.0680. The fourth-order valence-electron chi connectivity index (χ4n) is 2.56. The minimum absolute atomic E-state index is 0.0680. The molecule has 1 aromatic carbocycles. The number of carbonyl (C=O) groups excluding carboxylic acids is 1. The lowest BCUT2D eigenvalue weighted by Gasteiger charge is -2.31. The minimum Gasteiger partial charge on any atom is -0.338 e. The minimum atomic E-state index is -0.638. The zero-order chi connectivity index (χ0) is 13.7. The average Bonchev–Trinajstić information content (AvgIpc) is 2.39. The molecule has 0 radical (unpaired) electrons. The quantitative estimate of drug-likeness (QED) is 0.928. The van der Waals surface area contributed by atoms with E-state index in [0.29, 0.717) is 6.42 Å². The average molecular weight is 321 g/mol. The molecule has 1 amide bonds. The molecule has 0 spiro atoms. The summed E-state index contributed by atoms with van der Waals surface area (Å²) < 4.78 is 0.963. The predicted octanol–water partition coefficient (Wildman–Crippen LogP) is 3.33. The molecule has 0 aromatic heterocycles. The first kappa shape index (κ1) is 14.1. The summed E-state index contributed by atoms with van der Waals surface area (Å²) in [4.78, 5) is 12.1. The molecule has 4 heteroatoms. The molecule has 0 saturated heterocycles. The van der Waals surface area contributed by atoms with Crippen LogP contribution in [0.1, 0.15) is 37.7 Å². The van der Waals surface area contributed by atoms with Crippen LogP contribution in [0.4, 0.5) is 0 Å². The Balaban J connectivity index is 1.99. The lowest BCUT2D eigenvalue weighted by Crippen LogP contribution is -2.49. The Morgan fingerprint density at radius 2 is 2.11 bits per heavy atom. The van der Waals surface area contributed by atoms with E-state index < -0.39 is 5.54 Å². The molecule has 0 unspecified atom stereocenters. The first-order valence-electron chi connectivity index (χ1n) is 6.60. The maximum Gasteiger partial charge on any atom is 0.225 e. The van der Waals surface area contributed by atoms with Crippen LogP contribution in [-0.4, -0.2) is 11.4 Å². The zero-order valence-corrected chi connectivity index (χ0v) is 12.4. The van der Waals surface area contributed by atoms with Gasteiger partial charge < -0.3 is 5.32 Å². The van der Waals surface area contributed by atoms with Crippen molar-refractivity contribution in [3.8, 4) is 6.07 Å². The molecule has 1 saturated carbocycles. The van der Waals surface area contributed by atoms with Gasteiger partial charge in [-0.2, -0.15) is 5.26 Å². The predicted molar refractivity (Wildman–Crippen MR) is 77.4 cm³/mol. The molecule has 1 aliphatic rings. The summed E-state index contributed by atoms with van der Waals surface area (Å²) in [5.41, 5.74) is 0.317. The highest BCUT2D eigenvalue weighted by Crippen LogP contribution is 2.27. The number of hydrogen-bond acceptors (Lipinski definition) is 2. The summed E-state index contributed by atoms with van der Waals surface area (Å²) in [5, 5.41) is 12.3. The summed E-state index contributed by atoms with van der Waals surface area (Å²) in [7, 11) is 0. The number of halogens is 1. The Kier molecular flexibility index (Phi) is 4.60. The zero-order valence-electron chi connectivity index (χ0n) is 10.8. The van der Waals surface area contributed by atoms with Crippen LogP contribution in [0.5, 0.6) is 0 Å². The van der Waals surface area contributed by atoms with E-state index in [2.05, 4.69) is 27.3 Å². The lowest BCUT2D eigenvalue weighted by molar-refractivity contribution is -0.122. The van der Waals surface area contributed by atoms with Gasteiger partial charge in [0.2, 0.25) is 5.91 Å². The van der Waals surface area contributed by atoms with Crippen LogP contribution in [0.25, 0.3) is 0 Å². The van der Waals surface area contributed by atoms with Crippen molar-refractivity contribution < 1.29 is 4.79 Å². The second-order valence-corrected chi connectivity index (χ2v) is 6.03. The molecule has 19 heavy (non-hydrogen) atoms. The number of carbonyl (C=O) groups is 1. The molecule has 100 valence electrons. The molecular formula is C15H17BrN2O. The molecule has 1 N–H and O–H groups in total. The molecular weight excluding hydrogens is 304 g/mol. The first-order valence-corrected chi connectivity index (χ1v) is 7.40. The molecule has 3 nitrogen and oxygen atoms in total. The van der Waals surface area contributed by atoms with E-state index in [1.807, 2.05) is 24.3 Å². The smallest absolute Gasteiger partial charge is 0.225 e. The molecule has 1 aliphatic carbocycles. The van der Waals surface area contributed by atoms with Gasteiger partial charge in [-0.1, -0.05) is 47.3 Å². The van der Waals surface area contributed by atoms with E-state index in [1.165, 1.54) is 0 Å². The summed E-state index contributed by atoms with van der Waals surface area (Å²) in [6.45, 7) is 0. The van der Waals surface area contributed by atoms with Crippen LogP contribution in [0.3, 0.4) is 0 Å². The lowest BCUT2D eigenvalue weighted by atomic mass is 9.82. The van der Waals surface area contributed by atoms with Gasteiger partial charge in [-0.15, -0.1) is 0 Å². The Morgan fingerprint density at radius 3 is 2.74 bits per heavy atom. The van der Waals surface area contributed by atoms with E-state index in [4.69, 9.17) is 0 Å². The van der Waals surface area contributed by atoms with Crippen molar-refractivity contribution >= 4 is 21.8 Å². The topological polar surface area (TPSA) is 52.9 Å². The summed E-state index contributed by atoms with van der Waals surface area (Å²) in [6.07, 6.45) is 5.06. The van der Waals surface area contributed by atoms with Crippen molar-refractivity contribution in [2.24, 2.45) is 0 Å². The Morgan fingerprint density at radius 1 is 1.37 bits per heavy atom. The molecule has 0 heterocycles. The monoisotopic (exact) mass is 320 g/mol. The van der Waals surface area contributed by atoms with E-state index in [1.54, 1.807) is 0 Å². The summed E-state index contributed by atoms with van der Waals surface area (Å²) >= 11 is 3.39. The number of nitrogens with one attached hydrogen (secondary N) is 1. The molecule has 0 atom stereocenters. The highest BCUT2D eigenvalue weighted by molar-refractivity contribution is 9.10. The van der Waals surface area contributed by atoms with E-state index in [-0.39, 0.29) is 5.91 Å². The van der Waals surface area contributed by atoms with Crippen LogP contribution >= 0.6 is 15.9 Å². The second kappa shape index (κ2) is 6.21. The van der Waals surface area contributed by atoms with Crippen molar-refractivity contribution in [2.75, 3.05) is 0 Å². The van der Waals surface area contributed by atoms with Crippen LogP contribution in [0.15, 0.2) is 28.7 Å². The Bertz CT molecular complexity index is 501. The largest absolute Gasteiger partial charge is 0.338 e. The van der Waals surface area contributed by atoms with Gasteiger partial charge in [0.15, 0.2) is 0 Å². The fourth-order valence-corrected chi connectivity index (χ4v) is 3.01. The van der Waals surface area contributed by atoms with E-state index in [9.17, 15) is 10.1 Å². The maximum atomic E-state index is 12.1. The van der Waals surface area contributed by atoms with Crippen LogP contribution in [-0.2, 0) is 11.2 Å². The van der Waals surface area contributed by atoms with Gasteiger partial charge in [-0.25, -0.2) is 0 Å². The van der Waals surface area contributed by atoms with Gasteiger partial charge in [-0.3, -0.25) is 4.79 Å². The van der Waals surface area contributed by atoms with E-state index >= 15 is 0 Å².